The zero-order valence-corrected chi connectivity index (χ0v) is 11.3. The number of aromatic nitrogens is 2. The number of nitrogens with two attached hydrogens (primary N) is 1. The Hall–Kier alpha value is -2.08. The van der Waals surface area contributed by atoms with Gasteiger partial charge in [0.2, 0.25) is 0 Å². The smallest absolute Gasteiger partial charge is 0.260 e. The first-order valence-electron chi connectivity index (χ1n) is 6.63. The number of nitrogens with zero attached hydrogens (tertiary/aromatic N) is 2. The molecule has 6 nitrogen and oxygen atoms in total. The molecular weight excluding hydrogens is 258 g/mol. The number of rotatable bonds is 3. The van der Waals surface area contributed by atoms with E-state index in [4.69, 9.17) is 19.7 Å². The van der Waals surface area contributed by atoms with E-state index in [0.29, 0.717) is 23.2 Å². The molecule has 1 aromatic carbocycles. The second-order valence-corrected chi connectivity index (χ2v) is 4.80. The summed E-state index contributed by atoms with van der Waals surface area (Å²) >= 11 is 0. The van der Waals surface area contributed by atoms with Crippen LogP contribution in [0.1, 0.15) is 24.6 Å². The molecule has 0 spiro atoms. The summed E-state index contributed by atoms with van der Waals surface area (Å²) in [5.74, 6) is 2.20. The number of anilines is 1. The molecule has 0 aliphatic carbocycles. The Labute approximate surface area is 116 Å². The summed E-state index contributed by atoms with van der Waals surface area (Å²) < 4.78 is 15.8. The molecule has 0 saturated carbocycles. The second kappa shape index (κ2) is 5.50. The van der Waals surface area contributed by atoms with Crippen LogP contribution in [0.15, 0.2) is 22.7 Å². The monoisotopic (exact) mass is 275 g/mol. The maximum atomic E-state index is 5.99. The summed E-state index contributed by atoms with van der Waals surface area (Å²) in [6.45, 7) is 1.50. The number of hydrogen-bond donors (Lipinski definition) is 1. The van der Waals surface area contributed by atoms with Gasteiger partial charge in [-0.3, -0.25) is 0 Å². The average molecular weight is 275 g/mol. The predicted octanol–water partition coefficient (Wildman–Crippen LogP) is 2.22. The van der Waals surface area contributed by atoms with Crippen molar-refractivity contribution in [1.82, 2.24) is 10.1 Å². The Morgan fingerprint density at radius 2 is 2.10 bits per heavy atom. The first-order chi connectivity index (χ1) is 9.78. The molecule has 1 saturated heterocycles. The van der Waals surface area contributed by atoms with Gasteiger partial charge in [0, 0.05) is 30.9 Å². The van der Waals surface area contributed by atoms with Crippen LogP contribution in [0.4, 0.5) is 5.69 Å². The molecule has 2 N–H and O–H groups in total. The Bertz CT molecular complexity index is 591. The van der Waals surface area contributed by atoms with Crippen LogP contribution in [0.3, 0.4) is 0 Å². The third kappa shape index (κ3) is 2.46. The van der Waals surface area contributed by atoms with Crippen molar-refractivity contribution in [2.75, 3.05) is 26.1 Å². The van der Waals surface area contributed by atoms with Gasteiger partial charge < -0.3 is 19.7 Å². The topological polar surface area (TPSA) is 83.4 Å². The van der Waals surface area contributed by atoms with Gasteiger partial charge in [-0.05, 0) is 25.0 Å². The van der Waals surface area contributed by atoms with Crippen molar-refractivity contribution < 1.29 is 14.0 Å². The number of nitrogen functional groups attached to an aromatic ring is 1. The molecule has 106 valence electrons. The molecule has 0 unspecified atom stereocenters. The molecular formula is C14H17N3O3. The highest BCUT2D eigenvalue weighted by Crippen LogP contribution is 2.31. The number of ether oxygens (including phenoxy) is 2. The standard InChI is InChI=1S/C14H17N3O3/c1-18-10-2-3-11(12(15)8-10)14-16-13(17-20-14)9-4-6-19-7-5-9/h2-3,8-9H,4-7,15H2,1H3. The second-order valence-electron chi connectivity index (χ2n) is 4.80. The Balaban J connectivity index is 1.85. The summed E-state index contributed by atoms with van der Waals surface area (Å²) in [5.41, 5.74) is 7.28. The minimum Gasteiger partial charge on any atom is -0.497 e. The maximum Gasteiger partial charge on any atom is 0.260 e. The summed E-state index contributed by atoms with van der Waals surface area (Å²) in [7, 11) is 1.60. The lowest BCUT2D eigenvalue weighted by molar-refractivity contribution is 0.0830. The van der Waals surface area contributed by atoms with Gasteiger partial charge in [-0.25, -0.2) is 0 Å². The van der Waals surface area contributed by atoms with Crippen LogP contribution in [-0.2, 0) is 4.74 Å². The Morgan fingerprint density at radius 1 is 1.30 bits per heavy atom. The molecule has 1 fully saturated rings. The third-order valence-electron chi connectivity index (χ3n) is 3.52. The van der Waals surface area contributed by atoms with Crippen molar-refractivity contribution in [2.24, 2.45) is 0 Å². The number of hydrogen-bond acceptors (Lipinski definition) is 6. The molecule has 2 aromatic rings. The van der Waals surface area contributed by atoms with Crippen molar-refractivity contribution >= 4 is 5.69 Å². The largest absolute Gasteiger partial charge is 0.497 e. The van der Waals surface area contributed by atoms with E-state index >= 15 is 0 Å². The van der Waals surface area contributed by atoms with Crippen LogP contribution in [-0.4, -0.2) is 30.5 Å². The molecule has 3 rings (SSSR count). The fourth-order valence-electron chi connectivity index (χ4n) is 2.33. The molecule has 0 radical (unpaired) electrons. The highest BCUT2D eigenvalue weighted by atomic mass is 16.5. The Kier molecular flexibility index (Phi) is 3.56. The Morgan fingerprint density at radius 3 is 2.80 bits per heavy atom. The highest BCUT2D eigenvalue weighted by Gasteiger charge is 2.22. The quantitative estimate of drug-likeness (QED) is 0.865. The molecule has 1 aromatic heterocycles. The van der Waals surface area contributed by atoms with E-state index in [1.807, 2.05) is 12.1 Å². The minimum absolute atomic E-state index is 0.306. The highest BCUT2D eigenvalue weighted by molar-refractivity contribution is 5.71. The summed E-state index contributed by atoms with van der Waals surface area (Å²) in [6.07, 6.45) is 1.86. The molecule has 20 heavy (non-hydrogen) atoms. The molecule has 1 aliphatic heterocycles. The summed E-state index contributed by atoms with van der Waals surface area (Å²) in [4.78, 5) is 4.47. The fourth-order valence-corrected chi connectivity index (χ4v) is 2.33. The molecule has 0 atom stereocenters. The van der Waals surface area contributed by atoms with Gasteiger partial charge >= 0.3 is 0 Å². The third-order valence-corrected chi connectivity index (χ3v) is 3.52. The lowest BCUT2D eigenvalue weighted by Crippen LogP contribution is -2.15. The van der Waals surface area contributed by atoms with Gasteiger partial charge in [0.25, 0.3) is 5.89 Å². The van der Waals surface area contributed by atoms with Gasteiger partial charge in [0.1, 0.15) is 5.75 Å². The summed E-state index contributed by atoms with van der Waals surface area (Å²) in [6, 6.07) is 5.40. The van der Waals surface area contributed by atoms with Crippen LogP contribution in [0, 0.1) is 0 Å². The van der Waals surface area contributed by atoms with E-state index in [1.165, 1.54) is 0 Å². The van der Waals surface area contributed by atoms with E-state index in [2.05, 4.69) is 10.1 Å². The number of methoxy groups -OCH3 is 1. The lowest BCUT2D eigenvalue weighted by Gasteiger charge is -2.18. The van der Waals surface area contributed by atoms with Gasteiger partial charge in [-0.2, -0.15) is 4.98 Å². The maximum absolute atomic E-state index is 5.99. The van der Waals surface area contributed by atoms with Crippen molar-refractivity contribution in [1.29, 1.82) is 0 Å². The van der Waals surface area contributed by atoms with Crippen LogP contribution < -0.4 is 10.5 Å². The predicted molar refractivity (Wildman–Crippen MR) is 73.5 cm³/mol. The zero-order valence-electron chi connectivity index (χ0n) is 11.3. The van der Waals surface area contributed by atoms with Crippen molar-refractivity contribution in [3.05, 3.63) is 24.0 Å². The molecule has 0 bridgehead atoms. The van der Waals surface area contributed by atoms with Gasteiger partial charge in [0.15, 0.2) is 5.82 Å². The average Bonchev–Trinajstić information content (AvgIpc) is 2.97. The normalized spacial score (nSPS) is 16.2. The molecule has 6 heteroatoms. The minimum atomic E-state index is 0.306. The van der Waals surface area contributed by atoms with Gasteiger partial charge in [0.05, 0.1) is 12.7 Å². The van der Waals surface area contributed by atoms with Crippen molar-refractivity contribution in [2.45, 2.75) is 18.8 Å². The SMILES string of the molecule is COc1ccc(-c2nc(C3CCOCC3)no2)c(N)c1. The van der Waals surface area contributed by atoms with Crippen molar-refractivity contribution in [3.8, 4) is 17.2 Å². The van der Waals surface area contributed by atoms with E-state index in [-0.39, 0.29) is 0 Å². The summed E-state index contributed by atoms with van der Waals surface area (Å²) in [5, 5.41) is 4.07. The fraction of sp³-hybridized carbons (Fsp3) is 0.429. The van der Waals surface area contributed by atoms with Crippen LogP contribution in [0.25, 0.3) is 11.5 Å². The first-order valence-corrected chi connectivity index (χ1v) is 6.63. The zero-order chi connectivity index (χ0) is 13.9. The molecule has 2 heterocycles. The molecule has 0 amide bonds. The first kappa shape index (κ1) is 12.9. The van der Waals surface area contributed by atoms with Crippen LogP contribution >= 0.6 is 0 Å². The van der Waals surface area contributed by atoms with Crippen LogP contribution in [0.2, 0.25) is 0 Å². The van der Waals surface area contributed by atoms with E-state index in [9.17, 15) is 0 Å². The van der Waals surface area contributed by atoms with Gasteiger partial charge in [-0.1, -0.05) is 5.16 Å². The van der Waals surface area contributed by atoms with E-state index < -0.39 is 0 Å². The van der Waals surface area contributed by atoms with E-state index in [0.717, 1.165) is 37.4 Å². The lowest BCUT2D eigenvalue weighted by atomic mass is 10.00. The van der Waals surface area contributed by atoms with Crippen LogP contribution in [0.5, 0.6) is 5.75 Å². The number of benzene rings is 1. The molecule has 1 aliphatic rings. The van der Waals surface area contributed by atoms with Crippen molar-refractivity contribution in [3.63, 3.8) is 0 Å². The van der Waals surface area contributed by atoms with E-state index in [1.54, 1.807) is 13.2 Å². The van der Waals surface area contributed by atoms with Gasteiger partial charge in [-0.15, -0.1) is 0 Å².